The number of rotatable bonds is 1. The summed E-state index contributed by atoms with van der Waals surface area (Å²) in [7, 11) is 0. The van der Waals surface area contributed by atoms with Crippen LogP contribution in [0.4, 0.5) is 18.9 Å². The van der Waals surface area contributed by atoms with Crippen molar-refractivity contribution in [3.8, 4) is 0 Å². The summed E-state index contributed by atoms with van der Waals surface area (Å²) in [5.41, 5.74) is -0.0399. The summed E-state index contributed by atoms with van der Waals surface area (Å²) in [6.45, 7) is 1.76. The van der Waals surface area contributed by atoms with E-state index in [2.05, 4.69) is 0 Å². The third-order valence-electron chi connectivity index (χ3n) is 2.65. The Morgan fingerprint density at radius 3 is 2.56 bits per heavy atom. The summed E-state index contributed by atoms with van der Waals surface area (Å²) in [6.07, 6.45) is -0.925. The molecule has 1 aromatic carbocycles. The van der Waals surface area contributed by atoms with Gasteiger partial charge in [-0.05, 0) is 30.7 Å². The van der Waals surface area contributed by atoms with Crippen LogP contribution in [0.25, 0.3) is 0 Å². The fourth-order valence-corrected chi connectivity index (χ4v) is 1.82. The van der Waals surface area contributed by atoms with Crippen LogP contribution in [0.1, 0.15) is 12.5 Å². The maximum Gasteiger partial charge on any atom is 0.418 e. The normalized spacial score (nSPS) is 19.9. The number of benzene rings is 1. The van der Waals surface area contributed by atoms with Crippen LogP contribution in [0.3, 0.4) is 0 Å². The molecule has 1 unspecified atom stereocenters. The lowest BCUT2D eigenvalue weighted by atomic mass is 10.1. The number of aliphatic hydroxyl groups is 1. The lowest BCUT2D eigenvalue weighted by Gasteiger charge is -2.30. The number of halogens is 3. The first-order valence-electron chi connectivity index (χ1n) is 5.39. The Morgan fingerprint density at radius 2 is 1.89 bits per heavy atom. The summed E-state index contributed by atoms with van der Waals surface area (Å²) < 4.78 is 38.6. The Balaban J connectivity index is 2.49. The number of nitrogens with zero attached hydrogens (tertiary/aromatic N) is 1. The molecule has 0 aromatic heterocycles. The molecule has 1 heterocycles. The third kappa shape index (κ3) is 2.41. The molecule has 0 fully saturated rings. The molecule has 0 amide bonds. The first-order valence-corrected chi connectivity index (χ1v) is 5.39. The molecule has 2 nitrogen and oxygen atoms in total. The van der Waals surface area contributed by atoms with Crippen molar-refractivity contribution in [2.45, 2.75) is 19.3 Å². The molecule has 0 spiro atoms. The van der Waals surface area contributed by atoms with Gasteiger partial charge in [-0.15, -0.1) is 0 Å². The molecule has 0 aliphatic carbocycles. The zero-order chi connectivity index (χ0) is 13.3. The summed E-state index contributed by atoms with van der Waals surface area (Å²) in [5, 5.41) is 9.76. The van der Waals surface area contributed by atoms with Crippen molar-refractivity contribution >= 4 is 5.69 Å². The van der Waals surface area contributed by atoms with Gasteiger partial charge in [-0.3, -0.25) is 0 Å². The lowest BCUT2D eigenvalue weighted by Crippen LogP contribution is -2.32. The number of para-hydroxylation sites is 1. The molecule has 2 rings (SSSR count). The highest BCUT2D eigenvalue weighted by molar-refractivity contribution is 5.59. The summed E-state index contributed by atoms with van der Waals surface area (Å²) in [4.78, 5) is 1.21. The quantitative estimate of drug-likeness (QED) is 0.832. The molecule has 0 radical (unpaired) electrons. The first-order chi connectivity index (χ1) is 8.39. The number of hydrogen-bond acceptors (Lipinski definition) is 2. The van der Waals surface area contributed by atoms with E-state index in [-0.39, 0.29) is 5.69 Å². The SMILES string of the molecule is CC1=CN(c2ccccc2C(F)(F)F)C(O)C=C1. The van der Waals surface area contributed by atoms with Crippen LogP contribution in [-0.2, 0) is 6.18 Å². The molecule has 0 saturated carbocycles. The Bertz CT molecular complexity index is 505. The summed E-state index contributed by atoms with van der Waals surface area (Å²) in [5.74, 6) is 0. The van der Waals surface area contributed by atoms with E-state index in [1.165, 1.54) is 35.4 Å². The van der Waals surface area contributed by atoms with E-state index in [1.807, 2.05) is 0 Å². The van der Waals surface area contributed by atoms with Crippen molar-refractivity contribution in [3.05, 3.63) is 53.8 Å². The molecule has 1 N–H and O–H groups in total. The molecule has 0 saturated heterocycles. The average molecular weight is 255 g/mol. The number of allylic oxidation sites excluding steroid dienone is 2. The predicted molar refractivity (Wildman–Crippen MR) is 62.8 cm³/mol. The molecular formula is C13H12F3NO. The van der Waals surface area contributed by atoms with Crippen LogP contribution in [0, 0.1) is 0 Å². The zero-order valence-corrected chi connectivity index (χ0v) is 9.65. The maximum atomic E-state index is 12.9. The van der Waals surface area contributed by atoms with Gasteiger partial charge in [0.25, 0.3) is 0 Å². The molecule has 1 aliphatic heterocycles. The van der Waals surface area contributed by atoms with E-state index in [0.29, 0.717) is 0 Å². The van der Waals surface area contributed by atoms with Gasteiger partial charge < -0.3 is 10.0 Å². The number of alkyl halides is 3. The van der Waals surface area contributed by atoms with E-state index in [9.17, 15) is 18.3 Å². The molecule has 96 valence electrons. The number of aliphatic hydroxyl groups excluding tert-OH is 1. The van der Waals surface area contributed by atoms with Crippen molar-refractivity contribution in [3.63, 3.8) is 0 Å². The van der Waals surface area contributed by atoms with Gasteiger partial charge >= 0.3 is 6.18 Å². The van der Waals surface area contributed by atoms with E-state index < -0.39 is 18.0 Å². The van der Waals surface area contributed by atoms with Gasteiger partial charge in [0.05, 0.1) is 11.3 Å². The Hall–Kier alpha value is -1.75. The molecule has 1 aromatic rings. The molecule has 0 bridgehead atoms. The zero-order valence-electron chi connectivity index (χ0n) is 9.65. The van der Waals surface area contributed by atoms with E-state index in [1.54, 1.807) is 13.0 Å². The molecule has 1 aliphatic rings. The average Bonchev–Trinajstić information content (AvgIpc) is 2.31. The Labute approximate surface area is 103 Å². The van der Waals surface area contributed by atoms with Crippen LogP contribution in [0.15, 0.2) is 48.2 Å². The van der Waals surface area contributed by atoms with Gasteiger partial charge in [0, 0.05) is 6.20 Å². The van der Waals surface area contributed by atoms with E-state index in [0.717, 1.165) is 11.6 Å². The van der Waals surface area contributed by atoms with Crippen molar-refractivity contribution in [1.82, 2.24) is 0 Å². The lowest BCUT2D eigenvalue weighted by molar-refractivity contribution is -0.137. The van der Waals surface area contributed by atoms with Crippen molar-refractivity contribution < 1.29 is 18.3 Å². The van der Waals surface area contributed by atoms with Crippen LogP contribution in [0.2, 0.25) is 0 Å². The largest absolute Gasteiger partial charge is 0.418 e. The summed E-state index contributed by atoms with van der Waals surface area (Å²) >= 11 is 0. The predicted octanol–water partition coefficient (Wildman–Crippen LogP) is 3.30. The van der Waals surface area contributed by atoms with Gasteiger partial charge in [0.1, 0.15) is 6.23 Å². The number of anilines is 1. The molecule has 18 heavy (non-hydrogen) atoms. The third-order valence-corrected chi connectivity index (χ3v) is 2.65. The maximum absolute atomic E-state index is 12.9. The van der Waals surface area contributed by atoms with Crippen LogP contribution in [-0.4, -0.2) is 11.3 Å². The van der Waals surface area contributed by atoms with Gasteiger partial charge in [-0.25, -0.2) is 0 Å². The monoisotopic (exact) mass is 255 g/mol. The minimum absolute atomic E-state index is 0.0544. The fraction of sp³-hybridized carbons (Fsp3) is 0.231. The topological polar surface area (TPSA) is 23.5 Å². The molecule has 5 heteroatoms. The minimum Gasteiger partial charge on any atom is -0.370 e. The van der Waals surface area contributed by atoms with Crippen molar-refractivity contribution in [2.24, 2.45) is 0 Å². The van der Waals surface area contributed by atoms with Gasteiger partial charge in [-0.2, -0.15) is 13.2 Å². The molecular weight excluding hydrogens is 243 g/mol. The minimum atomic E-state index is -4.45. The first kappa shape index (κ1) is 12.7. The van der Waals surface area contributed by atoms with Crippen molar-refractivity contribution in [2.75, 3.05) is 4.90 Å². The highest BCUT2D eigenvalue weighted by atomic mass is 19.4. The summed E-state index contributed by atoms with van der Waals surface area (Å²) in [6, 6.07) is 5.19. The second-order valence-corrected chi connectivity index (χ2v) is 4.07. The Morgan fingerprint density at radius 1 is 1.22 bits per heavy atom. The van der Waals surface area contributed by atoms with Gasteiger partial charge in [-0.1, -0.05) is 18.2 Å². The number of hydrogen-bond donors (Lipinski definition) is 1. The van der Waals surface area contributed by atoms with E-state index >= 15 is 0 Å². The highest BCUT2D eigenvalue weighted by Gasteiger charge is 2.35. The second-order valence-electron chi connectivity index (χ2n) is 4.07. The molecule has 1 atom stereocenters. The van der Waals surface area contributed by atoms with Gasteiger partial charge in [0.2, 0.25) is 0 Å². The van der Waals surface area contributed by atoms with Crippen molar-refractivity contribution in [1.29, 1.82) is 0 Å². The highest BCUT2D eigenvalue weighted by Crippen LogP contribution is 2.37. The Kier molecular flexibility index (Phi) is 3.17. The van der Waals surface area contributed by atoms with E-state index in [4.69, 9.17) is 0 Å². The van der Waals surface area contributed by atoms with Crippen LogP contribution < -0.4 is 4.90 Å². The fourth-order valence-electron chi connectivity index (χ4n) is 1.82. The van der Waals surface area contributed by atoms with Gasteiger partial charge in [0.15, 0.2) is 0 Å². The van der Waals surface area contributed by atoms with Crippen LogP contribution >= 0.6 is 0 Å². The van der Waals surface area contributed by atoms with Crippen LogP contribution in [0.5, 0.6) is 0 Å². The second kappa shape index (κ2) is 4.49. The smallest absolute Gasteiger partial charge is 0.370 e. The standard InChI is InChI=1S/C13H12F3NO/c1-9-6-7-12(18)17(8-9)11-5-3-2-4-10(11)13(14,15)16/h2-8,12,18H,1H3.